The third-order valence-corrected chi connectivity index (χ3v) is 3.10. The summed E-state index contributed by atoms with van der Waals surface area (Å²) in [6.45, 7) is 0.150. The SMILES string of the molecule is O=C(CCN1C(=O)C=CC1=O)Nc1ccc(CCO)cc1. The fourth-order valence-corrected chi connectivity index (χ4v) is 1.97. The Morgan fingerprint density at radius 3 is 2.29 bits per heavy atom. The van der Waals surface area contributed by atoms with Crippen LogP contribution in [0.3, 0.4) is 0 Å². The molecule has 1 aliphatic heterocycles. The van der Waals surface area contributed by atoms with Crippen LogP contribution in [-0.2, 0) is 20.8 Å². The van der Waals surface area contributed by atoms with Gasteiger partial charge in [-0.3, -0.25) is 19.3 Å². The molecule has 0 saturated carbocycles. The Labute approximate surface area is 122 Å². The van der Waals surface area contributed by atoms with Crippen LogP contribution in [0.2, 0.25) is 0 Å². The van der Waals surface area contributed by atoms with E-state index >= 15 is 0 Å². The zero-order valence-electron chi connectivity index (χ0n) is 11.4. The van der Waals surface area contributed by atoms with Gasteiger partial charge in [-0.1, -0.05) is 12.1 Å². The highest BCUT2D eigenvalue weighted by Crippen LogP contribution is 2.11. The van der Waals surface area contributed by atoms with E-state index in [0.717, 1.165) is 10.5 Å². The first-order chi connectivity index (χ1) is 10.1. The maximum Gasteiger partial charge on any atom is 0.253 e. The molecule has 1 aliphatic rings. The molecule has 21 heavy (non-hydrogen) atoms. The molecular weight excluding hydrogens is 272 g/mol. The smallest absolute Gasteiger partial charge is 0.253 e. The van der Waals surface area contributed by atoms with Crippen LogP contribution in [-0.4, -0.2) is 40.9 Å². The van der Waals surface area contributed by atoms with Gasteiger partial charge in [0.15, 0.2) is 0 Å². The van der Waals surface area contributed by atoms with Crippen LogP contribution in [0.15, 0.2) is 36.4 Å². The molecule has 0 radical (unpaired) electrons. The largest absolute Gasteiger partial charge is 0.396 e. The van der Waals surface area contributed by atoms with Crippen LogP contribution in [0.4, 0.5) is 5.69 Å². The van der Waals surface area contributed by atoms with Gasteiger partial charge in [-0.05, 0) is 24.1 Å². The van der Waals surface area contributed by atoms with Gasteiger partial charge in [-0.25, -0.2) is 0 Å². The molecule has 6 nitrogen and oxygen atoms in total. The summed E-state index contributed by atoms with van der Waals surface area (Å²) >= 11 is 0. The molecule has 0 aromatic heterocycles. The van der Waals surface area contributed by atoms with Crippen molar-refractivity contribution < 1.29 is 19.5 Å². The first kappa shape index (κ1) is 14.9. The van der Waals surface area contributed by atoms with Gasteiger partial charge in [0.2, 0.25) is 5.91 Å². The van der Waals surface area contributed by atoms with Crippen LogP contribution < -0.4 is 5.32 Å². The van der Waals surface area contributed by atoms with Crippen molar-refractivity contribution in [3.63, 3.8) is 0 Å². The molecule has 0 saturated heterocycles. The van der Waals surface area contributed by atoms with E-state index in [-0.39, 0.29) is 37.3 Å². The molecule has 110 valence electrons. The number of carbonyl (C=O) groups is 3. The summed E-state index contributed by atoms with van der Waals surface area (Å²) in [5.41, 5.74) is 1.62. The highest BCUT2D eigenvalue weighted by atomic mass is 16.3. The number of hydrogen-bond acceptors (Lipinski definition) is 4. The van der Waals surface area contributed by atoms with Crippen molar-refractivity contribution in [1.29, 1.82) is 0 Å². The first-order valence-electron chi connectivity index (χ1n) is 6.63. The normalized spacial score (nSPS) is 13.9. The Balaban J connectivity index is 1.81. The van der Waals surface area contributed by atoms with Crippen LogP contribution in [0.25, 0.3) is 0 Å². The van der Waals surface area contributed by atoms with E-state index in [0.29, 0.717) is 12.1 Å². The minimum absolute atomic E-state index is 0.0531. The number of imide groups is 1. The average molecular weight is 288 g/mol. The summed E-state index contributed by atoms with van der Waals surface area (Å²) in [4.78, 5) is 35.4. The number of rotatable bonds is 6. The number of nitrogens with one attached hydrogen (secondary N) is 1. The average Bonchev–Trinajstić information content (AvgIpc) is 2.78. The van der Waals surface area contributed by atoms with E-state index in [1.807, 2.05) is 12.1 Å². The number of nitrogens with zero attached hydrogens (tertiary/aromatic N) is 1. The first-order valence-corrected chi connectivity index (χ1v) is 6.63. The van der Waals surface area contributed by atoms with E-state index in [1.165, 1.54) is 12.2 Å². The maximum atomic E-state index is 11.8. The third kappa shape index (κ3) is 4.00. The number of anilines is 1. The lowest BCUT2D eigenvalue weighted by Crippen LogP contribution is -2.33. The van der Waals surface area contributed by atoms with Gasteiger partial charge >= 0.3 is 0 Å². The van der Waals surface area contributed by atoms with Crippen LogP contribution in [0.1, 0.15) is 12.0 Å². The molecule has 6 heteroatoms. The minimum Gasteiger partial charge on any atom is -0.396 e. The predicted molar refractivity (Wildman–Crippen MR) is 76.3 cm³/mol. The number of benzene rings is 1. The lowest BCUT2D eigenvalue weighted by molar-refractivity contribution is -0.137. The van der Waals surface area contributed by atoms with E-state index in [1.54, 1.807) is 12.1 Å². The zero-order valence-corrected chi connectivity index (χ0v) is 11.4. The number of amides is 3. The molecule has 1 aromatic rings. The van der Waals surface area contributed by atoms with Gasteiger partial charge < -0.3 is 10.4 Å². The van der Waals surface area contributed by atoms with Crippen molar-refractivity contribution in [2.75, 3.05) is 18.5 Å². The van der Waals surface area contributed by atoms with E-state index < -0.39 is 0 Å². The fourth-order valence-electron chi connectivity index (χ4n) is 1.97. The summed E-state index contributed by atoms with van der Waals surface area (Å²) in [6, 6.07) is 7.14. The van der Waals surface area contributed by atoms with Gasteiger partial charge in [-0.15, -0.1) is 0 Å². The molecular formula is C15H16N2O4. The quantitative estimate of drug-likeness (QED) is 0.745. The molecule has 1 heterocycles. The minimum atomic E-state index is -0.388. The molecule has 0 bridgehead atoms. The third-order valence-electron chi connectivity index (χ3n) is 3.10. The van der Waals surface area contributed by atoms with Crippen molar-refractivity contribution in [2.24, 2.45) is 0 Å². The Hall–Kier alpha value is -2.47. The topological polar surface area (TPSA) is 86.7 Å². The monoisotopic (exact) mass is 288 g/mol. The summed E-state index contributed by atoms with van der Waals surface area (Å²) in [5.74, 6) is -1.04. The van der Waals surface area contributed by atoms with Gasteiger partial charge in [0.05, 0.1) is 0 Å². The second-order valence-electron chi connectivity index (χ2n) is 4.63. The fraction of sp³-hybridized carbons (Fsp3) is 0.267. The van der Waals surface area contributed by atoms with Gasteiger partial charge in [-0.2, -0.15) is 0 Å². The summed E-state index contributed by atoms with van der Waals surface area (Å²) in [5, 5.41) is 11.5. The van der Waals surface area contributed by atoms with Gasteiger partial charge in [0.1, 0.15) is 0 Å². The lowest BCUT2D eigenvalue weighted by Gasteiger charge is -2.13. The molecule has 0 unspecified atom stereocenters. The molecule has 0 aliphatic carbocycles. The second-order valence-corrected chi connectivity index (χ2v) is 4.63. The zero-order chi connectivity index (χ0) is 15.2. The lowest BCUT2D eigenvalue weighted by atomic mass is 10.1. The summed E-state index contributed by atoms with van der Waals surface area (Å²) in [6.07, 6.45) is 3.01. The standard InChI is InChI=1S/C15H16N2O4/c18-10-8-11-1-3-12(4-2-11)16-13(19)7-9-17-14(20)5-6-15(17)21/h1-6,18H,7-10H2,(H,16,19). The highest BCUT2D eigenvalue weighted by Gasteiger charge is 2.23. The molecule has 3 amide bonds. The van der Waals surface area contributed by atoms with Gasteiger partial charge in [0, 0.05) is 37.4 Å². The maximum absolute atomic E-state index is 11.8. The van der Waals surface area contributed by atoms with Crippen LogP contribution in [0.5, 0.6) is 0 Å². The molecule has 0 atom stereocenters. The Kier molecular flexibility index (Phi) is 4.84. The molecule has 1 aromatic carbocycles. The van der Waals surface area contributed by atoms with Crippen molar-refractivity contribution in [3.05, 3.63) is 42.0 Å². The van der Waals surface area contributed by atoms with Crippen molar-refractivity contribution in [3.8, 4) is 0 Å². The van der Waals surface area contributed by atoms with Crippen LogP contribution >= 0.6 is 0 Å². The summed E-state index contributed by atoms with van der Waals surface area (Å²) in [7, 11) is 0. The molecule has 2 N–H and O–H groups in total. The van der Waals surface area contributed by atoms with Crippen LogP contribution in [0, 0.1) is 0 Å². The Morgan fingerprint density at radius 1 is 1.10 bits per heavy atom. The van der Waals surface area contributed by atoms with Crippen molar-refractivity contribution >= 4 is 23.4 Å². The van der Waals surface area contributed by atoms with E-state index in [2.05, 4.69) is 5.32 Å². The number of hydrogen-bond donors (Lipinski definition) is 2. The number of carbonyl (C=O) groups excluding carboxylic acids is 3. The molecule has 0 spiro atoms. The summed E-state index contributed by atoms with van der Waals surface area (Å²) < 4.78 is 0. The second kappa shape index (κ2) is 6.81. The Bertz CT molecular complexity index is 560. The Morgan fingerprint density at radius 2 is 1.71 bits per heavy atom. The highest BCUT2D eigenvalue weighted by molar-refractivity contribution is 6.13. The molecule has 0 fully saturated rings. The van der Waals surface area contributed by atoms with Crippen molar-refractivity contribution in [1.82, 2.24) is 4.90 Å². The number of aliphatic hydroxyl groups excluding tert-OH is 1. The predicted octanol–water partition coefficient (Wildman–Crippen LogP) is 0.475. The van der Waals surface area contributed by atoms with Gasteiger partial charge in [0.25, 0.3) is 11.8 Å². The van der Waals surface area contributed by atoms with Crippen molar-refractivity contribution in [2.45, 2.75) is 12.8 Å². The number of aliphatic hydroxyl groups is 1. The molecule has 2 rings (SSSR count). The van der Waals surface area contributed by atoms with E-state index in [4.69, 9.17) is 5.11 Å². The van der Waals surface area contributed by atoms with E-state index in [9.17, 15) is 14.4 Å².